The van der Waals surface area contributed by atoms with E-state index >= 15 is 0 Å². The smallest absolute Gasteiger partial charge is 0.272 e. The minimum atomic E-state index is -0.351. The molecule has 0 aliphatic rings. The number of halogens is 1. The molecule has 0 aliphatic heterocycles. The average molecular weight is 578 g/mol. The summed E-state index contributed by atoms with van der Waals surface area (Å²) in [6.07, 6.45) is 0. The lowest BCUT2D eigenvalue weighted by Crippen LogP contribution is -2.13. The van der Waals surface area contributed by atoms with Crippen molar-refractivity contribution in [1.29, 1.82) is 0 Å². The van der Waals surface area contributed by atoms with Crippen LogP contribution < -0.4 is 10.6 Å². The molecule has 190 valence electrons. The molecule has 0 spiro atoms. The lowest BCUT2D eigenvalue weighted by molar-refractivity contribution is 0.101. The van der Waals surface area contributed by atoms with E-state index in [1.165, 1.54) is 0 Å². The van der Waals surface area contributed by atoms with E-state index < -0.39 is 0 Å². The predicted octanol–water partition coefficient (Wildman–Crippen LogP) is 6.28. The van der Waals surface area contributed by atoms with Gasteiger partial charge in [0.15, 0.2) is 5.82 Å². The van der Waals surface area contributed by atoms with Crippen molar-refractivity contribution in [1.82, 2.24) is 25.6 Å². The van der Waals surface area contributed by atoms with E-state index in [0.717, 1.165) is 21.0 Å². The molecule has 39 heavy (non-hydrogen) atoms. The first-order valence-corrected chi connectivity index (χ1v) is 12.8. The van der Waals surface area contributed by atoms with E-state index in [0.29, 0.717) is 39.5 Å². The first-order valence-electron chi connectivity index (χ1n) is 12.0. The highest BCUT2D eigenvalue weighted by Crippen LogP contribution is 2.30. The maximum atomic E-state index is 13.2. The molecule has 0 aliphatic carbocycles. The molecule has 6 aromatic rings. The van der Waals surface area contributed by atoms with Crippen LogP contribution in [-0.2, 0) is 0 Å². The van der Waals surface area contributed by atoms with Crippen molar-refractivity contribution in [2.24, 2.45) is 0 Å². The van der Waals surface area contributed by atoms with Crippen molar-refractivity contribution in [3.63, 3.8) is 0 Å². The van der Waals surface area contributed by atoms with Crippen LogP contribution in [0, 0.1) is 0 Å². The Morgan fingerprint density at radius 2 is 1.51 bits per heavy atom. The number of carbonyl (C=O) groups is 2. The summed E-state index contributed by atoms with van der Waals surface area (Å²) < 4.78 is 0.813. The summed E-state index contributed by atoms with van der Waals surface area (Å²) in [5, 5.41) is 20.6. The van der Waals surface area contributed by atoms with Crippen LogP contribution in [0.15, 0.2) is 102 Å². The molecule has 9 nitrogen and oxygen atoms in total. The Balaban J connectivity index is 1.23. The third-order valence-corrected chi connectivity index (χ3v) is 6.73. The number of nitrogens with zero attached hydrogens (tertiary/aromatic N) is 3. The lowest BCUT2D eigenvalue weighted by Gasteiger charge is -2.09. The Labute approximate surface area is 230 Å². The highest BCUT2D eigenvalue weighted by atomic mass is 79.9. The van der Waals surface area contributed by atoms with E-state index in [-0.39, 0.29) is 11.8 Å². The molecule has 2 amide bonds. The summed E-state index contributed by atoms with van der Waals surface area (Å²) in [7, 11) is 0. The third-order valence-electron chi connectivity index (χ3n) is 6.23. The summed E-state index contributed by atoms with van der Waals surface area (Å²) in [6, 6.07) is 30.0. The van der Waals surface area contributed by atoms with E-state index in [1.807, 2.05) is 66.7 Å². The van der Waals surface area contributed by atoms with Gasteiger partial charge in [-0.1, -0.05) is 70.5 Å². The van der Waals surface area contributed by atoms with Gasteiger partial charge in [-0.25, -0.2) is 5.10 Å². The number of rotatable bonds is 6. The Hall–Kier alpha value is -5.09. The molecule has 10 heteroatoms. The zero-order valence-electron chi connectivity index (χ0n) is 20.3. The Bertz CT molecular complexity index is 1800. The molecule has 0 fully saturated rings. The number of aromatic nitrogens is 5. The number of anilines is 2. The molecule has 0 saturated carbocycles. The fraction of sp³-hybridized carbons (Fsp3) is 0. The SMILES string of the molecule is O=C(Nc1cccc2cc(C(=O)Nc3ccc(Br)cc3-c3nnn[nH]3)[nH]c12)c1ccc(-c2ccccc2)cc1. The van der Waals surface area contributed by atoms with Gasteiger partial charge in [0.1, 0.15) is 5.69 Å². The van der Waals surface area contributed by atoms with Crippen molar-refractivity contribution in [3.8, 4) is 22.5 Å². The topological polar surface area (TPSA) is 128 Å². The summed E-state index contributed by atoms with van der Waals surface area (Å²) in [6.45, 7) is 0. The van der Waals surface area contributed by atoms with Crippen LogP contribution in [0.5, 0.6) is 0 Å². The number of amides is 2. The van der Waals surface area contributed by atoms with Crippen molar-refractivity contribution >= 4 is 50.0 Å². The van der Waals surface area contributed by atoms with Crippen molar-refractivity contribution in [2.45, 2.75) is 0 Å². The van der Waals surface area contributed by atoms with Gasteiger partial charge in [-0.3, -0.25) is 9.59 Å². The van der Waals surface area contributed by atoms with E-state index in [1.54, 1.807) is 30.3 Å². The number of nitrogens with one attached hydrogen (secondary N) is 4. The number of tetrazole rings is 1. The second kappa shape index (κ2) is 10.3. The molecule has 2 aromatic heterocycles. The minimum absolute atomic E-state index is 0.247. The summed E-state index contributed by atoms with van der Waals surface area (Å²) in [5.41, 5.74) is 5.36. The number of fused-ring (bicyclic) bond motifs is 1. The van der Waals surface area contributed by atoms with Gasteiger partial charge in [0, 0.05) is 21.0 Å². The summed E-state index contributed by atoms with van der Waals surface area (Å²) >= 11 is 3.44. The van der Waals surface area contributed by atoms with Crippen molar-refractivity contribution in [2.75, 3.05) is 10.6 Å². The monoisotopic (exact) mass is 577 g/mol. The van der Waals surface area contributed by atoms with Gasteiger partial charge in [-0.2, -0.15) is 0 Å². The minimum Gasteiger partial charge on any atom is -0.349 e. The first-order chi connectivity index (χ1) is 19.0. The van der Waals surface area contributed by atoms with Gasteiger partial charge in [-0.05, 0) is 64.0 Å². The number of carbonyl (C=O) groups excluding carboxylic acids is 2. The highest BCUT2D eigenvalue weighted by molar-refractivity contribution is 9.10. The van der Waals surface area contributed by atoms with Crippen LogP contribution in [0.2, 0.25) is 0 Å². The zero-order valence-corrected chi connectivity index (χ0v) is 21.9. The third kappa shape index (κ3) is 5.05. The van der Waals surface area contributed by atoms with Crippen LogP contribution in [0.4, 0.5) is 11.4 Å². The molecule has 4 N–H and O–H groups in total. The van der Waals surface area contributed by atoms with Crippen LogP contribution in [0.25, 0.3) is 33.4 Å². The Morgan fingerprint density at radius 3 is 2.28 bits per heavy atom. The van der Waals surface area contributed by atoms with E-state index in [2.05, 4.69) is 52.2 Å². The van der Waals surface area contributed by atoms with Gasteiger partial charge < -0.3 is 15.6 Å². The molecule has 0 bridgehead atoms. The molecule has 4 aromatic carbocycles. The van der Waals surface area contributed by atoms with Gasteiger partial charge in [-0.15, -0.1) is 5.10 Å². The Morgan fingerprint density at radius 1 is 0.744 bits per heavy atom. The number of hydrogen-bond acceptors (Lipinski definition) is 5. The van der Waals surface area contributed by atoms with Gasteiger partial charge in [0.2, 0.25) is 0 Å². The average Bonchev–Trinajstić information content (AvgIpc) is 3.66. The number of aromatic amines is 2. The Kier molecular flexibility index (Phi) is 6.44. The maximum Gasteiger partial charge on any atom is 0.272 e. The second-order valence-electron chi connectivity index (χ2n) is 8.74. The molecule has 0 unspecified atom stereocenters. The molecular formula is C29H20BrN7O2. The summed E-state index contributed by atoms with van der Waals surface area (Å²) in [5.74, 6) is -0.177. The molecule has 6 rings (SSSR count). The fourth-order valence-electron chi connectivity index (χ4n) is 4.31. The first kappa shape index (κ1) is 24.3. The van der Waals surface area contributed by atoms with Crippen molar-refractivity contribution < 1.29 is 9.59 Å². The van der Waals surface area contributed by atoms with Crippen molar-refractivity contribution in [3.05, 3.63) is 113 Å². The van der Waals surface area contributed by atoms with Crippen LogP contribution in [0.3, 0.4) is 0 Å². The maximum absolute atomic E-state index is 13.2. The summed E-state index contributed by atoms with van der Waals surface area (Å²) in [4.78, 5) is 29.4. The molecule has 0 atom stereocenters. The lowest BCUT2D eigenvalue weighted by atomic mass is 10.0. The van der Waals surface area contributed by atoms with E-state index in [4.69, 9.17) is 0 Å². The van der Waals surface area contributed by atoms with Gasteiger partial charge in [0.25, 0.3) is 11.8 Å². The molecular weight excluding hydrogens is 558 g/mol. The van der Waals surface area contributed by atoms with Crippen LogP contribution >= 0.6 is 15.9 Å². The van der Waals surface area contributed by atoms with E-state index in [9.17, 15) is 9.59 Å². The van der Waals surface area contributed by atoms with Gasteiger partial charge in [0.05, 0.1) is 16.9 Å². The number of H-pyrrole nitrogens is 2. The number of para-hydroxylation sites is 1. The van der Waals surface area contributed by atoms with Crippen LogP contribution in [-0.4, -0.2) is 37.4 Å². The fourth-order valence-corrected chi connectivity index (χ4v) is 4.67. The quantitative estimate of drug-likeness (QED) is 0.185. The number of benzene rings is 4. The molecule has 0 radical (unpaired) electrons. The highest BCUT2D eigenvalue weighted by Gasteiger charge is 2.17. The largest absolute Gasteiger partial charge is 0.349 e. The second-order valence-corrected chi connectivity index (χ2v) is 9.66. The zero-order chi connectivity index (χ0) is 26.8. The molecule has 0 saturated heterocycles. The predicted molar refractivity (Wildman–Crippen MR) is 153 cm³/mol. The van der Waals surface area contributed by atoms with Crippen LogP contribution in [0.1, 0.15) is 20.8 Å². The standard InChI is InChI=1S/C29H20BrN7O2/c30-21-13-14-23(22(16-21)27-34-36-37-35-27)32-29(39)25-15-20-7-4-8-24(26(20)31-25)33-28(38)19-11-9-18(10-12-19)17-5-2-1-3-6-17/h1-16,31H,(H,32,39)(H,33,38)(H,34,35,36,37). The normalized spacial score (nSPS) is 10.9. The molecule has 2 heterocycles. The van der Waals surface area contributed by atoms with Gasteiger partial charge >= 0.3 is 0 Å². The number of hydrogen-bond donors (Lipinski definition) is 4.